The van der Waals surface area contributed by atoms with Gasteiger partial charge in [-0.2, -0.15) is 17.7 Å². The van der Waals surface area contributed by atoms with Crippen molar-refractivity contribution in [3.8, 4) is 16.6 Å². The fraction of sp³-hybridized carbons (Fsp3) is 0.628. The molecule has 0 unspecified atom stereocenters. The van der Waals surface area contributed by atoms with Crippen LogP contribution in [0.2, 0.25) is 0 Å². The zero-order chi connectivity index (χ0) is 43.0. The van der Waals surface area contributed by atoms with E-state index in [1.165, 1.54) is 19.0 Å². The van der Waals surface area contributed by atoms with Gasteiger partial charge in [-0.15, -0.1) is 11.3 Å². The van der Waals surface area contributed by atoms with E-state index >= 15 is 0 Å². The van der Waals surface area contributed by atoms with Gasteiger partial charge in [-0.1, -0.05) is 44.9 Å². The number of ether oxygens (including phenoxy) is 2. The number of amides is 2. The first-order chi connectivity index (χ1) is 27.7. The molecule has 0 spiro atoms. The van der Waals surface area contributed by atoms with E-state index in [1.807, 2.05) is 48.8 Å². The maximum absolute atomic E-state index is 14.8. The maximum atomic E-state index is 14.8. The maximum Gasteiger partial charge on any atom is 0.307 e. The van der Waals surface area contributed by atoms with Gasteiger partial charge in [0.25, 0.3) is 6.01 Å². The van der Waals surface area contributed by atoms with Crippen molar-refractivity contribution >= 4 is 56.1 Å². The Hall–Kier alpha value is -4.15. The van der Waals surface area contributed by atoms with Crippen LogP contribution in [0.3, 0.4) is 0 Å². The Morgan fingerprint density at radius 1 is 1.08 bits per heavy atom. The Morgan fingerprint density at radius 3 is 2.49 bits per heavy atom. The van der Waals surface area contributed by atoms with Crippen LogP contribution < -0.4 is 9.46 Å². The lowest BCUT2D eigenvalue weighted by Gasteiger charge is -2.29. The topological polar surface area (TPSA) is 170 Å². The summed E-state index contributed by atoms with van der Waals surface area (Å²) >= 11 is 1.56. The highest BCUT2D eigenvalue weighted by atomic mass is 32.2. The summed E-state index contributed by atoms with van der Waals surface area (Å²) in [5.41, 5.74) is 1.43. The van der Waals surface area contributed by atoms with Gasteiger partial charge in [-0.25, -0.2) is 9.71 Å². The molecule has 1 saturated heterocycles. The first-order valence-corrected chi connectivity index (χ1v) is 23.1. The normalized spacial score (nSPS) is 25.1. The van der Waals surface area contributed by atoms with Crippen molar-refractivity contribution in [1.29, 1.82) is 0 Å². The number of benzene rings is 1. The SMILES string of the molecule is CC(C)c1csc(-c2cccc3c2nc(O[C@@H]2C[C@H]4C(=O)C[C@]5(C(=O)NS(=O)(=O)N(C)C)C[C@@H]5/C=C\CCCCC[C@H](CC(=O)OC(C)(C)C)C(=O)N4C2)n3C(C)C)n1. The first-order valence-electron chi connectivity index (χ1n) is 20.8. The van der Waals surface area contributed by atoms with E-state index < -0.39 is 51.2 Å². The van der Waals surface area contributed by atoms with Crippen LogP contribution in [-0.4, -0.2) is 94.1 Å². The highest BCUT2D eigenvalue weighted by Gasteiger charge is 2.61. The molecule has 0 bridgehead atoms. The van der Waals surface area contributed by atoms with E-state index in [0.29, 0.717) is 25.3 Å². The Kier molecular flexibility index (Phi) is 13.1. The second kappa shape index (κ2) is 17.4. The van der Waals surface area contributed by atoms with Gasteiger partial charge < -0.3 is 14.4 Å². The number of carbonyl (C=O) groups excluding carboxylic acids is 4. The molecule has 1 saturated carbocycles. The molecule has 14 nitrogen and oxygen atoms in total. The number of hydrogen-bond donors (Lipinski definition) is 1. The lowest BCUT2D eigenvalue weighted by Crippen LogP contribution is -2.47. The van der Waals surface area contributed by atoms with Gasteiger partial charge >= 0.3 is 16.2 Å². The quantitative estimate of drug-likeness (QED) is 0.166. The summed E-state index contributed by atoms with van der Waals surface area (Å²) < 4.78 is 43.1. The molecule has 1 aromatic carbocycles. The van der Waals surface area contributed by atoms with Gasteiger partial charge in [0.05, 0.1) is 35.6 Å². The van der Waals surface area contributed by atoms with E-state index in [1.54, 1.807) is 32.1 Å². The van der Waals surface area contributed by atoms with E-state index in [4.69, 9.17) is 19.4 Å². The molecule has 59 heavy (non-hydrogen) atoms. The minimum Gasteiger partial charge on any atom is -0.460 e. The largest absolute Gasteiger partial charge is 0.460 e. The second-order valence-electron chi connectivity index (χ2n) is 18.1. The smallest absolute Gasteiger partial charge is 0.307 e. The van der Waals surface area contributed by atoms with Crippen LogP contribution in [0.5, 0.6) is 6.01 Å². The van der Waals surface area contributed by atoms with Crippen LogP contribution in [0.15, 0.2) is 35.7 Å². The van der Waals surface area contributed by atoms with Crippen LogP contribution in [-0.2, 0) is 34.1 Å². The third kappa shape index (κ3) is 9.91. The minimum atomic E-state index is -4.13. The zero-order valence-corrected chi connectivity index (χ0v) is 37.5. The van der Waals surface area contributed by atoms with E-state index in [9.17, 15) is 27.6 Å². The number of para-hydroxylation sites is 1. The molecule has 2 aromatic heterocycles. The van der Waals surface area contributed by atoms with Crippen LogP contribution in [0.1, 0.15) is 124 Å². The van der Waals surface area contributed by atoms with E-state index in [-0.39, 0.29) is 55.4 Å². The fourth-order valence-electron chi connectivity index (χ4n) is 8.20. The fourth-order valence-corrected chi connectivity index (χ4v) is 9.82. The molecule has 3 aromatic rings. The molecule has 1 N–H and O–H groups in total. The summed E-state index contributed by atoms with van der Waals surface area (Å²) in [6, 6.07) is 5.26. The summed E-state index contributed by atoms with van der Waals surface area (Å²) in [6.07, 6.45) is 6.74. The number of aromatic nitrogens is 3. The zero-order valence-electron chi connectivity index (χ0n) is 35.8. The predicted octanol–water partition coefficient (Wildman–Crippen LogP) is 6.97. The molecular formula is C43H60N6O8S2. The molecule has 6 rings (SSSR count). The van der Waals surface area contributed by atoms with Gasteiger partial charge in [0.2, 0.25) is 11.8 Å². The van der Waals surface area contributed by atoms with Gasteiger partial charge in [0, 0.05) is 49.8 Å². The number of nitrogens with zero attached hydrogens (tertiary/aromatic N) is 5. The molecule has 3 aliphatic rings. The van der Waals surface area contributed by atoms with Crippen molar-refractivity contribution in [1.82, 2.24) is 28.5 Å². The summed E-state index contributed by atoms with van der Waals surface area (Å²) in [7, 11) is -1.48. The average Bonchev–Trinajstić information content (AvgIpc) is 3.50. The number of thiazole rings is 1. The summed E-state index contributed by atoms with van der Waals surface area (Å²) in [6.45, 7) is 13.7. The Balaban J connectivity index is 1.36. The molecule has 4 heterocycles. The number of imidazole rings is 1. The Bertz CT molecular complexity index is 2200. The van der Waals surface area contributed by atoms with Gasteiger partial charge in [0.15, 0.2) is 5.78 Å². The molecule has 16 heteroatoms. The van der Waals surface area contributed by atoms with Crippen LogP contribution in [0, 0.1) is 17.3 Å². The summed E-state index contributed by atoms with van der Waals surface area (Å²) in [5.74, 6) is -2.77. The van der Waals surface area contributed by atoms with Crippen molar-refractivity contribution < 1.29 is 37.1 Å². The third-order valence-corrected chi connectivity index (χ3v) is 13.8. The number of ketones is 1. The van der Waals surface area contributed by atoms with Crippen molar-refractivity contribution in [3.63, 3.8) is 0 Å². The number of carbonyl (C=O) groups is 4. The summed E-state index contributed by atoms with van der Waals surface area (Å²) in [4.78, 5) is 68.0. The van der Waals surface area contributed by atoms with Crippen LogP contribution in [0.4, 0.5) is 0 Å². The standard InChI is InChI=1S/C43H60N6O8S2/c1-26(2)32-25-58-38(44-32)31-18-15-19-33-37(31)45-41(49(33)27(3)4)56-30-21-34-35(50)23-43(40(53)46-59(54,55)47(8)9)22-29(43)17-14-12-10-11-13-16-28(39(52)48(34)24-30)20-36(51)57-42(5,6)7/h14-15,17-19,25-30,34H,10-13,16,20-24H2,1-9H3,(H,46,53)/b17-14-/t28-,29+,30-,34+,43-/m1/s1. The average molecular weight is 853 g/mol. The highest BCUT2D eigenvalue weighted by molar-refractivity contribution is 7.87. The van der Waals surface area contributed by atoms with Crippen LogP contribution in [0.25, 0.3) is 21.6 Å². The van der Waals surface area contributed by atoms with Crippen molar-refractivity contribution in [2.75, 3.05) is 20.6 Å². The van der Waals surface area contributed by atoms with E-state index in [0.717, 1.165) is 50.9 Å². The lowest BCUT2D eigenvalue weighted by atomic mass is 9.90. The van der Waals surface area contributed by atoms with Gasteiger partial charge in [-0.05, 0) is 84.3 Å². The number of rotatable bonds is 10. The van der Waals surface area contributed by atoms with Gasteiger partial charge in [-0.3, -0.25) is 23.7 Å². The van der Waals surface area contributed by atoms with Crippen molar-refractivity contribution in [3.05, 3.63) is 41.4 Å². The van der Waals surface area contributed by atoms with Crippen molar-refractivity contribution in [2.24, 2.45) is 17.3 Å². The monoisotopic (exact) mass is 852 g/mol. The number of fused-ring (bicyclic) bond motifs is 3. The number of allylic oxidation sites excluding steroid dienone is 2. The lowest BCUT2D eigenvalue weighted by molar-refractivity contribution is -0.159. The second-order valence-corrected chi connectivity index (χ2v) is 20.9. The van der Waals surface area contributed by atoms with E-state index in [2.05, 4.69) is 23.9 Å². The molecule has 322 valence electrons. The Morgan fingerprint density at radius 2 is 1.83 bits per heavy atom. The molecule has 2 fully saturated rings. The Labute approximate surface area is 352 Å². The number of hydrogen-bond acceptors (Lipinski definition) is 11. The van der Waals surface area contributed by atoms with Crippen LogP contribution >= 0.6 is 11.3 Å². The number of esters is 1. The van der Waals surface area contributed by atoms with Gasteiger partial charge in [0.1, 0.15) is 22.2 Å². The highest BCUT2D eigenvalue weighted by Crippen LogP contribution is 2.57. The minimum absolute atomic E-state index is 0.0516. The summed E-state index contributed by atoms with van der Waals surface area (Å²) in [5, 5.41) is 2.91. The number of Topliss-reactive ketones (excluding diaryl/α,β-unsaturated/α-hetero) is 1. The first kappa shape index (κ1) is 44.4. The molecule has 0 radical (unpaired) electrons. The third-order valence-electron chi connectivity index (χ3n) is 11.5. The predicted molar refractivity (Wildman–Crippen MR) is 227 cm³/mol. The molecule has 2 amide bonds. The molecule has 2 aliphatic heterocycles. The molecular weight excluding hydrogens is 793 g/mol. The van der Waals surface area contributed by atoms with Crippen molar-refractivity contribution in [2.45, 2.75) is 136 Å². The number of nitrogens with one attached hydrogen (secondary N) is 1. The molecule has 1 aliphatic carbocycles. The molecule has 5 atom stereocenters.